The van der Waals surface area contributed by atoms with Crippen LogP contribution in [0.5, 0.6) is 0 Å². The van der Waals surface area contributed by atoms with Gasteiger partial charge in [0.05, 0.1) is 16.7 Å². The molecule has 0 aliphatic carbocycles. The average molecular weight is 448 g/mol. The highest BCUT2D eigenvalue weighted by molar-refractivity contribution is 6.38. The van der Waals surface area contributed by atoms with E-state index in [4.69, 9.17) is 32.3 Å². The van der Waals surface area contributed by atoms with Crippen LogP contribution in [0.15, 0.2) is 36.7 Å². The van der Waals surface area contributed by atoms with E-state index in [-0.39, 0.29) is 0 Å². The van der Waals surface area contributed by atoms with Crippen molar-refractivity contribution in [2.45, 2.75) is 43.8 Å². The first-order valence-electron chi connectivity index (χ1n) is 11.1. The van der Waals surface area contributed by atoms with Crippen LogP contribution in [-0.2, 0) is 0 Å². The predicted molar refractivity (Wildman–Crippen MR) is 130 cm³/mol. The van der Waals surface area contributed by atoms with E-state index in [0.29, 0.717) is 23.1 Å². The van der Waals surface area contributed by atoms with Gasteiger partial charge in [-0.05, 0) is 37.8 Å². The van der Waals surface area contributed by atoms with Gasteiger partial charge in [0.1, 0.15) is 17.2 Å². The fraction of sp³-hybridized carbons (Fsp3) is 0.375. The minimum Gasteiger partial charge on any atom is -0.363 e. The van der Waals surface area contributed by atoms with Crippen LogP contribution in [0.2, 0.25) is 5.02 Å². The fourth-order valence-corrected chi connectivity index (χ4v) is 5.73. The number of hydrogen-bond donors (Lipinski definition) is 2. The third kappa shape index (κ3) is 3.03. The molecular formula is C24H26ClN7. The molecule has 0 saturated carbocycles. The van der Waals surface area contributed by atoms with Crippen LogP contribution in [0, 0.1) is 0 Å². The summed E-state index contributed by atoms with van der Waals surface area (Å²) in [5, 5.41) is 1.64. The van der Waals surface area contributed by atoms with Crippen molar-refractivity contribution in [3.8, 4) is 11.1 Å². The summed E-state index contributed by atoms with van der Waals surface area (Å²) in [7, 11) is 3.95. The molecule has 2 fully saturated rings. The van der Waals surface area contributed by atoms with E-state index in [0.717, 1.165) is 57.7 Å². The van der Waals surface area contributed by atoms with E-state index in [1.807, 2.05) is 49.6 Å². The van der Waals surface area contributed by atoms with E-state index in [1.165, 1.54) is 12.8 Å². The zero-order valence-corrected chi connectivity index (χ0v) is 19.0. The maximum absolute atomic E-state index is 6.86. The van der Waals surface area contributed by atoms with Crippen molar-refractivity contribution in [1.29, 1.82) is 0 Å². The molecule has 5 heterocycles. The van der Waals surface area contributed by atoms with Crippen LogP contribution >= 0.6 is 11.6 Å². The molecule has 32 heavy (non-hydrogen) atoms. The van der Waals surface area contributed by atoms with Crippen LogP contribution in [0.3, 0.4) is 0 Å². The lowest BCUT2D eigenvalue weighted by Gasteiger charge is -2.38. The lowest BCUT2D eigenvalue weighted by atomic mass is 9.98. The number of nitrogens with two attached hydrogens (primary N) is 1. The molecule has 164 valence electrons. The number of benzene rings is 1. The molecule has 0 radical (unpaired) electrons. The van der Waals surface area contributed by atoms with E-state index < -0.39 is 0 Å². The molecule has 3 aromatic heterocycles. The third-order valence-corrected chi connectivity index (χ3v) is 7.32. The Labute approximate surface area is 191 Å². The summed E-state index contributed by atoms with van der Waals surface area (Å²) in [6.07, 6.45) is 8.27. The molecule has 1 aromatic carbocycles. The Morgan fingerprint density at radius 1 is 1.03 bits per heavy atom. The molecule has 2 saturated heterocycles. The SMILES string of the molecule is CN(C)c1ccc2ccc(-c3c[nH]c4nc(N5[C@@H]6CC[C@H]5C[C@@H](N)C6)cnc34)c(Cl)c2n1. The molecule has 0 unspecified atom stereocenters. The third-order valence-electron chi connectivity index (χ3n) is 6.94. The number of H-pyrrole nitrogens is 1. The largest absolute Gasteiger partial charge is 0.363 e. The minimum absolute atomic E-state index is 0.300. The number of piperidine rings is 1. The van der Waals surface area contributed by atoms with E-state index in [1.54, 1.807) is 0 Å². The molecule has 2 aliphatic heterocycles. The normalized spacial score (nSPS) is 22.8. The topological polar surface area (TPSA) is 87.0 Å². The van der Waals surface area contributed by atoms with Crippen LogP contribution in [0.1, 0.15) is 25.7 Å². The van der Waals surface area contributed by atoms with Gasteiger partial charge in [0.25, 0.3) is 0 Å². The molecule has 7 nitrogen and oxygen atoms in total. The average Bonchev–Trinajstić information content (AvgIpc) is 3.32. The maximum atomic E-state index is 6.86. The molecular weight excluding hydrogens is 422 g/mol. The lowest BCUT2D eigenvalue weighted by Crippen LogP contribution is -2.47. The second kappa shape index (κ2) is 7.32. The Bertz CT molecular complexity index is 1320. The molecule has 8 heteroatoms. The zero-order valence-electron chi connectivity index (χ0n) is 18.2. The van der Waals surface area contributed by atoms with Crippen molar-refractivity contribution >= 4 is 45.3 Å². The first-order valence-corrected chi connectivity index (χ1v) is 11.5. The second-order valence-corrected chi connectivity index (χ2v) is 9.59. The summed E-state index contributed by atoms with van der Waals surface area (Å²) in [4.78, 5) is 22.3. The van der Waals surface area contributed by atoms with Crippen LogP contribution in [-0.4, -0.2) is 52.2 Å². The summed E-state index contributed by atoms with van der Waals surface area (Å²) in [6.45, 7) is 0. The van der Waals surface area contributed by atoms with Gasteiger partial charge in [-0.1, -0.05) is 23.7 Å². The zero-order chi connectivity index (χ0) is 22.0. The highest BCUT2D eigenvalue weighted by Gasteiger charge is 2.40. The van der Waals surface area contributed by atoms with Crippen molar-refractivity contribution in [2.75, 3.05) is 23.9 Å². The molecule has 0 amide bonds. The highest BCUT2D eigenvalue weighted by Crippen LogP contribution is 2.40. The number of nitrogens with one attached hydrogen (secondary N) is 1. The van der Waals surface area contributed by atoms with E-state index in [2.05, 4.69) is 16.0 Å². The number of aromatic amines is 1. The van der Waals surface area contributed by atoms with Crippen molar-refractivity contribution in [2.24, 2.45) is 5.73 Å². The lowest BCUT2D eigenvalue weighted by molar-refractivity contribution is 0.412. The number of anilines is 2. The molecule has 2 bridgehead atoms. The number of aromatic nitrogens is 4. The molecule has 3 N–H and O–H groups in total. The Morgan fingerprint density at radius 2 is 1.78 bits per heavy atom. The van der Waals surface area contributed by atoms with Gasteiger partial charge >= 0.3 is 0 Å². The fourth-order valence-electron chi connectivity index (χ4n) is 5.41. The first kappa shape index (κ1) is 19.8. The molecule has 3 atom stereocenters. The van der Waals surface area contributed by atoms with Gasteiger partial charge in [0.15, 0.2) is 5.65 Å². The van der Waals surface area contributed by atoms with E-state index >= 15 is 0 Å². The van der Waals surface area contributed by atoms with Crippen molar-refractivity contribution < 1.29 is 0 Å². The van der Waals surface area contributed by atoms with Gasteiger partial charge < -0.3 is 20.5 Å². The number of halogens is 1. The van der Waals surface area contributed by atoms with Gasteiger partial charge in [0, 0.05) is 54.9 Å². The molecule has 6 rings (SSSR count). The number of hydrogen-bond acceptors (Lipinski definition) is 6. The van der Waals surface area contributed by atoms with Gasteiger partial charge in [-0.25, -0.2) is 15.0 Å². The molecule has 0 spiro atoms. The maximum Gasteiger partial charge on any atom is 0.159 e. The van der Waals surface area contributed by atoms with Gasteiger partial charge in [-0.3, -0.25) is 0 Å². The van der Waals surface area contributed by atoms with Crippen LogP contribution in [0.25, 0.3) is 33.2 Å². The predicted octanol–water partition coefficient (Wildman–Crippen LogP) is 4.35. The molecule has 4 aromatic rings. The first-order chi connectivity index (χ1) is 15.5. The van der Waals surface area contributed by atoms with E-state index in [9.17, 15) is 0 Å². The van der Waals surface area contributed by atoms with Crippen molar-refractivity contribution in [3.63, 3.8) is 0 Å². The van der Waals surface area contributed by atoms with Crippen LogP contribution < -0.4 is 15.5 Å². The number of rotatable bonds is 3. The van der Waals surface area contributed by atoms with Gasteiger partial charge in [-0.2, -0.15) is 0 Å². The quantitative estimate of drug-likeness (QED) is 0.485. The number of nitrogens with zero attached hydrogens (tertiary/aromatic N) is 5. The monoisotopic (exact) mass is 447 g/mol. The standard InChI is InChI=1S/C24H26ClN7/c1-31(2)19-8-4-13-3-7-17(21(25)22(13)29-19)18-11-28-24-23(18)27-12-20(30-24)32-15-5-6-16(32)10-14(26)9-15/h3-4,7-8,11-12,14-16H,5-6,9-10,26H2,1-2H3,(H,28,30)/t14-,15+,16-. The second-order valence-electron chi connectivity index (χ2n) is 9.21. The Balaban J connectivity index is 1.42. The van der Waals surface area contributed by atoms with Crippen molar-refractivity contribution in [1.82, 2.24) is 19.9 Å². The molecule has 2 aliphatic rings. The Hall–Kier alpha value is -2.90. The summed E-state index contributed by atoms with van der Waals surface area (Å²) in [6, 6.07) is 9.37. The summed E-state index contributed by atoms with van der Waals surface area (Å²) >= 11 is 6.86. The summed E-state index contributed by atoms with van der Waals surface area (Å²) < 4.78 is 0. The van der Waals surface area contributed by atoms with Crippen LogP contribution in [0.4, 0.5) is 11.6 Å². The minimum atomic E-state index is 0.300. The van der Waals surface area contributed by atoms with Gasteiger partial charge in [-0.15, -0.1) is 0 Å². The van der Waals surface area contributed by atoms with Gasteiger partial charge in [0.2, 0.25) is 0 Å². The Morgan fingerprint density at radius 3 is 2.53 bits per heavy atom. The summed E-state index contributed by atoms with van der Waals surface area (Å²) in [5.74, 6) is 1.81. The smallest absolute Gasteiger partial charge is 0.159 e. The number of pyridine rings is 1. The highest BCUT2D eigenvalue weighted by atomic mass is 35.5. The van der Waals surface area contributed by atoms with Crippen molar-refractivity contribution in [3.05, 3.63) is 41.7 Å². The number of fused-ring (bicyclic) bond motifs is 4. The summed E-state index contributed by atoms with van der Waals surface area (Å²) in [5.41, 5.74) is 10.5. The Kier molecular flexibility index (Phi) is 4.52.